The van der Waals surface area contributed by atoms with E-state index >= 15 is 0 Å². The first-order valence-electron chi connectivity index (χ1n) is 6.65. The molecule has 1 fully saturated rings. The largest absolute Gasteiger partial charge is 0.416 e. The van der Waals surface area contributed by atoms with Gasteiger partial charge in [-0.15, -0.1) is 0 Å². The topological polar surface area (TPSA) is 55.2 Å². The summed E-state index contributed by atoms with van der Waals surface area (Å²) < 4.78 is 37.9. The standard InChI is InChI=1S/C14H13F3N2O2/c15-14(16,17)9-4-5-11(13(7-9)19(20)21)18-12-6-8-2-1-3-10(8)12/h1,3-5,7-8,10,12,18H,2,6H2. The lowest BCUT2D eigenvalue weighted by molar-refractivity contribution is -0.384. The van der Waals surface area contributed by atoms with Crippen LogP contribution >= 0.6 is 0 Å². The van der Waals surface area contributed by atoms with Gasteiger partial charge in [-0.25, -0.2) is 0 Å². The van der Waals surface area contributed by atoms with Crippen molar-refractivity contribution in [1.29, 1.82) is 0 Å². The third kappa shape index (κ3) is 2.48. The highest BCUT2D eigenvalue weighted by Gasteiger charge is 2.42. The molecule has 1 aromatic rings. The van der Waals surface area contributed by atoms with Crippen molar-refractivity contribution in [3.63, 3.8) is 0 Å². The van der Waals surface area contributed by atoms with Gasteiger partial charge in [0.25, 0.3) is 5.69 Å². The van der Waals surface area contributed by atoms with E-state index in [0.29, 0.717) is 17.9 Å². The molecule has 0 saturated heterocycles. The number of nitro benzene ring substituents is 1. The molecule has 1 saturated carbocycles. The molecule has 3 rings (SSSR count). The summed E-state index contributed by atoms with van der Waals surface area (Å²) in [6, 6.07) is 2.66. The van der Waals surface area contributed by atoms with Gasteiger partial charge in [0.1, 0.15) is 5.69 Å². The van der Waals surface area contributed by atoms with Crippen molar-refractivity contribution in [1.82, 2.24) is 0 Å². The molecule has 21 heavy (non-hydrogen) atoms. The van der Waals surface area contributed by atoms with Gasteiger partial charge in [0.05, 0.1) is 10.5 Å². The number of nitrogens with zero attached hydrogens (tertiary/aromatic N) is 1. The fourth-order valence-corrected chi connectivity index (χ4v) is 3.06. The average molecular weight is 298 g/mol. The zero-order chi connectivity index (χ0) is 15.2. The number of hydrogen-bond donors (Lipinski definition) is 1. The number of benzene rings is 1. The molecule has 7 heteroatoms. The normalized spacial score (nSPS) is 27.1. The van der Waals surface area contributed by atoms with Crippen LogP contribution in [-0.2, 0) is 6.18 Å². The third-order valence-corrected chi connectivity index (χ3v) is 4.23. The van der Waals surface area contributed by atoms with Gasteiger partial charge in [-0.1, -0.05) is 12.2 Å². The van der Waals surface area contributed by atoms with E-state index in [2.05, 4.69) is 17.5 Å². The van der Waals surface area contributed by atoms with Crippen LogP contribution in [0.1, 0.15) is 18.4 Å². The summed E-state index contributed by atoms with van der Waals surface area (Å²) in [5.41, 5.74) is -1.39. The van der Waals surface area contributed by atoms with Crippen molar-refractivity contribution in [2.24, 2.45) is 11.8 Å². The minimum absolute atomic E-state index is 0.0594. The quantitative estimate of drug-likeness (QED) is 0.521. The maximum atomic E-state index is 12.6. The Hall–Kier alpha value is -2.05. The molecule has 0 bridgehead atoms. The van der Waals surface area contributed by atoms with E-state index in [1.165, 1.54) is 0 Å². The Kier molecular flexibility index (Phi) is 3.15. The van der Waals surface area contributed by atoms with E-state index in [9.17, 15) is 23.3 Å². The first-order chi connectivity index (χ1) is 9.86. The Morgan fingerprint density at radius 1 is 1.33 bits per heavy atom. The molecule has 0 heterocycles. The second kappa shape index (κ2) is 4.75. The van der Waals surface area contributed by atoms with Gasteiger partial charge in [0.15, 0.2) is 0 Å². The Morgan fingerprint density at radius 2 is 2.10 bits per heavy atom. The molecular formula is C14H13F3N2O2. The number of nitro groups is 1. The highest BCUT2D eigenvalue weighted by Crippen LogP contribution is 2.45. The van der Waals surface area contributed by atoms with E-state index in [1.807, 2.05) is 0 Å². The maximum Gasteiger partial charge on any atom is 0.416 e. The fraction of sp³-hybridized carbons (Fsp3) is 0.429. The van der Waals surface area contributed by atoms with Gasteiger partial charge in [0, 0.05) is 18.0 Å². The molecule has 0 aliphatic heterocycles. The molecular weight excluding hydrogens is 285 g/mol. The van der Waals surface area contributed by atoms with Gasteiger partial charge in [-0.2, -0.15) is 13.2 Å². The van der Waals surface area contributed by atoms with E-state index in [4.69, 9.17) is 0 Å². The summed E-state index contributed by atoms with van der Waals surface area (Å²) in [4.78, 5) is 10.2. The molecule has 1 aromatic carbocycles. The van der Waals surface area contributed by atoms with Gasteiger partial charge >= 0.3 is 6.18 Å². The molecule has 0 amide bonds. The van der Waals surface area contributed by atoms with Crippen LogP contribution in [0.2, 0.25) is 0 Å². The number of alkyl halides is 3. The summed E-state index contributed by atoms with van der Waals surface area (Å²) in [5.74, 6) is 0.892. The van der Waals surface area contributed by atoms with Crippen LogP contribution in [0.15, 0.2) is 30.4 Å². The zero-order valence-corrected chi connectivity index (χ0v) is 10.9. The van der Waals surface area contributed by atoms with E-state index in [1.54, 1.807) is 0 Å². The molecule has 3 atom stereocenters. The van der Waals surface area contributed by atoms with Crippen LogP contribution in [0.3, 0.4) is 0 Å². The van der Waals surface area contributed by atoms with Crippen molar-refractivity contribution >= 4 is 11.4 Å². The summed E-state index contributed by atoms with van der Waals surface area (Å²) in [7, 11) is 0. The first kappa shape index (κ1) is 13.9. The smallest absolute Gasteiger partial charge is 0.376 e. The Balaban J connectivity index is 1.84. The second-order valence-corrected chi connectivity index (χ2v) is 5.47. The number of allylic oxidation sites excluding steroid dienone is 1. The monoisotopic (exact) mass is 298 g/mol. The third-order valence-electron chi connectivity index (χ3n) is 4.23. The molecule has 3 unspecified atom stereocenters. The number of fused-ring (bicyclic) bond motifs is 1. The second-order valence-electron chi connectivity index (χ2n) is 5.47. The fourth-order valence-electron chi connectivity index (χ4n) is 3.06. The average Bonchev–Trinajstić information content (AvgIpc) is 2.76. The van der Waals surface area contributed by atoms with E-state index in [0.717, 1.165) is 25.0 Å². The molecule has 1 N–H and O–H groups in total. The predicted octanol–water partition coefficient (Wildman–Crippen LogP) is 3.99. The summed E-state index contributed by atoms with van der Waals surface area (Å²) in [6.07, 6.45) is 1.47. The Morgan fingerprint density at radius 3 is 2.71 bits per heavy atom. The molecule has 0 spiro atoms. The lowest BCUT2D eigenvalue weighted by Crippen LogP contribution is -2.43. The van der Waals surface area contributed by atoms with Crippen LogP contribution in [-0.4, -0.2) is 11.0 Å². The highest BCUT2D eigenvalue weighted by atomic mass is 19.4. The van der Waals surface area contributed by atoms with Gasteiger partial charge < -0.3 is 5.32 Å². The van der Waals surface area contributed by atoms with Crippen LogP contribution < -0.4 is 5.32 Å². The van der Waals surface area contributed by atoms with Crippen molar-refractivity contribution in [3.8, 4) is 0 Å². The SMILES string of the molecule is O=[N+]([O-])c1cc(C(F)(F)F)ccc1NC1CC2CC=CC21. The van der Waals surface area contributed by atoms with Crippen molar-refractivity contribution in [2.75, 3.05) is 5.32 Å². The lowest BCUT2D eigenvalue weighted by atomic mass is 9.71. The van der Waals surface area contributed by atoms with Crippen molar-refractivity contribution in [3.05, 3.63) is 46.0 Å². The number of rotatable bonds is 3. The number of nitrogens with one attached hydrogen (secondary N) is 1. The van der Waals surface area contributed by atoms with Gasteiger partial charge in [0.2, 0.25) is 0 Å². The van der Waals surface area contributed by atoms with Crippen LogP contribution in [0.25, 0.3) is 0 Å². The number of halogens is 3. The van der Waals surface area contributed by atoms with Crippen LogP contribution in [0.5, 0.6) is 0 Å². The maximum absolute atomic E-state index is 12.6. The van der Waals surface area contributed by atoms with Gasteiger partial charge in [-0.3, -0.25) is 10.1 Å². The summed E-state index contributed by atoms with van der Waals surface area (Å²) >= 11 is 0. The molecule has 2 aliphatic rings. The van der Waals surface area contributed by atoms with E-state index in [-0.39, 0.29) is 11.7 Å². The number of anilines is 1. The minimum Gasteiger partial charge on any atom is -0.376 e. The molecule has 0 aromatic heterocycles. The highest BCUT2D eigenvalue weighted by molar-refractivity contribution is 5.63. The summed E-state index contributed by atoms with van der Waals surface area (Å²) in [6.45, 7) is 0. The first-order valence-corrected chi connectivity index (χ1v) is 6.65. The van der Waals surface area contributed by atoms with Gasteiger partial charge in [-0.05, 0) is 30.9 Å². The molecule has 2 aliphatic carbocycles. The van der Waals surface area contributed by atoms with Crippen LogP contribution in [0, 0.1) is 22.0 Å². The molecule has 0 radical (unpaired) electrons. The minimum atomic E-state index is -4.58. The van der Waals surface area contributed by atoms with Crippen molar-refractivity contribution < 1.29 is 18.1 Å². The number of hydrogen-bond acceptors (Lipinski definition) is 3. The Labute approximate surface area is 118 Å². The zero-order valence-electron chi connectivity index (χ0n) is 10.9. The summed E-state index contributed by atoms with van der Waals surface area (Å²) in [5, 5.41) is 14.0. The Bertz CT molecular complexity index is 613. The van der Waals surface area contributed by atoms with Crippen LogP contribution in [0.4, 0.5) is 24.5 Å². The van der Waals surface area contributed by atoms with E-state index < -0.39 is 22.4 Å². The molecule has 112 valence electrons. The predicted molar refractivity (Wildman–Crippen MR) is 70.9 cm³/mol. The van der Waals surface area contributed by atoms with Crippen molar-refractivity contribution in [2.45, 2.75) is 25.1 Å². The molecule has 4 nitrogen and oxygen atoms in total. The lowest BCUT2D eigenvalue weighted by Gasteiger charge is -2.41.